The summed E-state index contributed by atoms with van der Waals surface area (Å²) < 4.78 is 33.7. The van der Waals surface area contributed by atoms with Crippen molar-refractivity contribution in [1.29, 1.82) is 0 Å². The van der Waals surface area contributed by atoms with Gasteiger partial charge in [0.25, 0.3) is 0 Å². The molecule has 1 aromatic heterocycles. The third kappa shape index (κ3) is 3.17. The van der Waals surface area contributed by atoms with Crippen LogP contribution in [0.3, 0.4) is 0 Å². The maximum absolute atomic E-state index is 13.2. The van der Waals surface area contributed by atoms with E-state index in [0.717, 1.165) is 16.8 Å². The highest BCUT2D eigenvalue weighted by molar-refractivity contribution is 7.89. The number of benzene rings is 1. The molecule has 0 radical (unpaired) electrons. The predicted octanol–water partition coefficient (Wildman–Crippen LogP) is 2.77. The van der Waals surface area contributed by atoms with Crippen LogP contribution in [0.1, 0.15) is 48.8 Å². The lowest BCUT2D eigenvalue weighted by Crippen LogP contribution is -2.41. The second-order valence-electron chi connectivity index (χ2n) is 7.88. The van der Waals surface area contributed by atoms with Gasteiger partial charge in [-0.25, -0.2) is 18.4 Å². The summed E-state index contributed by atoms with van der Waals surface area (Å²) in [5.74, 6) is 1.08. The maximum Gasteiger partial charge on any atom is 0.243 e. The average Bonchev–Trinajstić information content (AvgIpc) is 3.08. The molecule has 0 amide bonds. The van der Waals surface area contributed by atoms with Gasteiger partial charge in [0.15, 0.2) is 0 Å². The Morgan fingerprint density at radius 3 is 2.67 bits per heavy atom. The van der Waals surface area contributed by atoms with Gasteiger partial charge in [-0.1, -0.05) is 26.0 Å². The molecule has 4 rings (SSSR count). The zero-order valence-electron chi connectivity index (χ0n) is 16.0. The summed E-state index contributed by atoms with van der Waals surface area (Å²) in [4.78, 5) is 9.27. The van der Waals surface area contributed by atoms with Crippen LogP contribution in [0, 0.1) is 6.92 Å². The summed E-state index contributed by atoms with van der Waals surface area (Å²) in [6.07, 6.45) is 2.51. The fourth-order valence-electron chi connectivity index (χ4n) is 4.01. The maximum atomic E-state index is 13.2. The highest BCUT2D eigenvalue weighted by Gasteiger charge is 2.48. The quantitative estimate of drug-likeness (QED) is 0.810. The van der Waals surface area contributed by atoms with E-state index >= 15 is 0 Å². The summed E-state index contributed by atoms with van der Waals surface area (Å²) in [7, 11) is -3.53. The van der Waals surface area contributed by atoms with Gasteiger partial charge < -0.3 is 4.74 Å². The van der Waals surface area contributed by atoms with E-state index in [9.17, 15) is 8.42 Å². The van der Waals surface area contributed by atoms with Crippen LogP contribution >= 0.6 is 0 Å². The molecule has 1 atom stereocenters. The SMILES string of the molecule is Cc1ncc2c(n1)[C@@]1(CCN(S(=O)(=O)c3ccc(C(C)C)cc3)C1)COC2. The van der Waals surface area contributed by atoms with Crippen molar-refractivity contribution < 1.29 is 13.2 Å². The van der Waals surface area contributed by atoms with Gasteiger partial charge in [0.2, 0.25) is 10.0 Å². The number of hydrogen-bond donors (Lipinski definition) is 0. The van der Waals surface area contributed by atoms with Crippen molar-refractivity contribution in [2.75, 3.05) is 19.7 Å². The highest BCUT2D eigenvalue weighted by atomic mass is 32.2. The van der Waals surface area contributed by atoms with Crippen LogP contribution in [0.5, 0.6) is 0 Å². The van der Waals surface area contributed by atoms with Gasteiger partial charge in [0.1, 0.15) is 5.82 Å². The monoisotopic (exact) mass is 387 g/mol. The molecule has 2 aromatic rings. The van der Waals surface area contributed by atoms with Gasteiger partial charge in [-0.2, -0.15) is 4.31 Å². The Labute approximate surface area is 160 Å². The molecule has 2 aliphatic heterocycles. The van der Waals surface area contributed by atoms with E-state index in [1.165, 1.54) is 0 Å². The lowest BCUT2D eigenvalue weighted by Gasteiger charge is -2.34. The van der Waals surface area contributed by atoms with E-state index in [0.29, 0.717) is 49.4 Å². The number of ether oxygens (including phenoxy) is 1. The van der Waals surface area contributed by atoms with Gasteiger partial charge in [0.05, 0.1) is 29.2 Å². The number of fused-ring (bicyclic) bond motifs is 2. The molecule has 1 fully saturated rings. The van der Waals surface area contributed by atoms with Gasteiger partial charge in [-0.3, -0.25) is 0 Å². The van der Waals surface area contributed by atoms with E-state index in [1.54, 1.807) is 22.6 Å². The van der Waals surface area contributed by atoms with E-state index in [4.69, 9.17) is 4.74 Å². The number of hydrogen-bond acceptors (Lipinski definition) is 5. The molecule has 0 unspecified atom stereocenters. The zero-order chi connectivity index (χ0) is 19.2. The Morgan fingerprint density at radius 1 is 1.22 bits per heavy atom. The fraction of sp³-hybridized carbons (Fsp3) is 0.500. The first kappa shape index (κ1) is 18.5. The van der Waals surface area contributed by atoms with Crippen molar-refractivity contribution in [1.82, 2.24) is 14.3 Å². The Morgan fingerprint density at radius 2 is 1.96 bits per heavy atom. The second kappa shape index (κ2) is 6.65. The summed E-state index contributed by atoms with van der Waals surface area (Å²) in [6.45, 7) is 7.90. The van der Waals surface area contributed by atoms with Crippen LogP contribution in [0.15, 0.2) is 35.4 Å². The molecule has 27 heavy (non-hydrogen) atoms. The number of nitrogens with zero attached hydrogens (tertiary/aromatic N) is 3. The van der Waals surface area contributed by atoms with Crippen molar-refractivity contribution in [2.45, 2.75) is 50.0 Å². The summed E-state index contributed by atoms with van der Waals surface area (Å²) >= 11 is 0. The number of aromatic nitrogens is 2. The van der Waals surface area contributed by atoms with Gasteiger partial charge in [-0.05, 0) is 37.0 Å². The van der Waals surface area contributed by atoms with E-state index < -0.39 is 10.0 Å². The standard InChI is InChI=1S/C20H25N3O3S/c1-14(2)16-4-6-18(7-5-16)27(24,25)23-9-8-20(12-23)13-26-11-17-10-21-15(3)22-19(17)20/h4-7,10,14H,8-9,11-13H2,1-3H3/t20-/m1/s1. The van der Waals surface area contributed by atoms with Gasteiger partial charge in [0, 0.05) is 24.8 Å². The topological polar surface area (TPSA) is 72.4 Å². The van der Waals surface area contributed by atoms with Crippen molar-refractivity contribution in [3.63, 3.8) is 0 Å². The second-order valence-corrected chi connectivity index (χ2v) is 9.81. The number of sulfonamides is 1. The summed E-state index contributed by atoms with van der Waals surface area (Å²) in [6, 6.07) is 7.23. The predicted molar refractivity (Wildman–Crippen MR) is 102 cm³/mol. The largest absolute Gasteiger partial charge is 0.376 e. The van der Waals surface area contributed by atoms with Crippen molar-refractivity contribution in [3.05, 3.63) is 53.1 Å². The van der Waals surface area contributed by atoms with Crippen molar-refractivity contribution in [2.24, 2.45) is 0 Å². The first-order valence-corrected chi connectivity index (χ1v) is 10.8. The third-order valence-corrected chi connectivity index (χ3v) is 7.49. The molecule has 144 valence electrons. The zero-order valence-corrected chi connectivity index (χ0v) is 16.8. The molecular weight excluding hydrogens is 362 g/mol. The molecule has 1 saturated heterocycles. The highest BCUT2D eigenvalue weighted by Crippen LogP contribution is 2.40. The Bertz CT molecular complexity index is 957. The van der Waals surface area contributed by atoms with Crippen LogP contribution in [0.25, 0.3) is 0 Å². The lowest BCUT2D eigenvalue weighted by molar-refractivity contribution is 0.0529. The Balaban J connectivity index is 1.64. The van der Waals surface area contributed by atoms with Crippen LogP contribution in [0.2, 0.25) is 0 Å². The smallest absolute Gasteiger partial charge is 0.243 e. The lowest BCUT2D eigenvalue weighted by atomic mass is 9.81. The molecule has 0 saturated carbocycles. The van der Waals surface area contributed by atoms with E-state index in [2.05, 4.69) is 23.8 Å². The van der Waals surface area contributed by atoms with E-state index in [1.807, 2.05) is 19.1 Å². The van der Waals surface area contributed by atoms with Crippen molar-refractivity contribution in [3.8, 4) is 0 Å². The molecule has 1 spiro atoms. The number of rotatable bonds is 3. The molecule has 3 heterocycles. The van der Waals surface area contributed by atoms with Crippen LogP contribution in [-0.2, 0) is 26.8 Å². The Hall–Kier alpha value is -1.83. The van der Waals surface area contributed by atoms with Gasteiger partial charge >= 0.3 is 0 Å². The van der Waals surface area contributed by atoms with Crippen molar-refractivity contribution >= 4 is 10.0 Å². The molecule has 0 N–H and O–H groups in total. The first-order valence-electron chi connectivity index (χ1n) is 9.33. The molecule has 1 aromatic carbocycles. The minimum absolute atomic E-state index is 0.347. The summed E-state index contributed by atoms with van der Waals surface area (Å²) in [5, 5.41) is 0. The molecule has 6 nitrogen and oxygen atoms in total. The molecule has 7 heteroatoms. The third-order valence-electron chi connectivity index (χ3n) is 5.63. The fourth-order valence-corrected chi connectivity index (χ4v) is 5.54. The van der Waals surface area contributed by atoms with Crippen LogP contribution in [0.4, 0.5) is 0 Å². The first-order chi connectivity index (χ1) is 12.8. The summed E-state index contributed by atoms with van der Waals surface area (Å²) in [5.41, 5.74) is 2.67. The normalized spacial score (nSPS) is 23.1. The Kier molecular flexibility index (Phi) is 4.56. The molecule has 2 aliphatic rings. The molecule has 0 aliphatic carbocycles. The molecular formula is C20H25N3O3S. The van der Waals surface area contributed by atoms with Crippen LogP contribution < -0.4 is 0 Å². The average molecular weight is 388 g/mol. The van der Waals surface area contributed by atoms with Gasteiger partial charge in [-0.15, -0.1) is 0 Å². The minimum Gasteiger partial charge on any atom is -0.376 e. The molecule has 0 bridgehead atoms. The minimum atomic E-state index is -3.53. The van der Waals surface area contributed by atoms with Crippen LogP contribution in [-0.4, -0.2) is 42.4 Å². The van der Waals surface area contributed by atoms with E-state index in [-0.39, 0.29) is 5.41 Å². The number of aryl methyl sites for hydroxylation is 1.